The number of hydrogen-bond donors (Lipinski definition) is 1. The molecule has 0 aliphatic rings. The molecule has 1 aromatic heterocycles. The third-order valence-corrected chi connectivity index (χ3v) is 3.11. The standard InChI is InChI=1S/C14H17N3O/c1-9-4-5-12(6-10(9)2)17-11(3)7-14(18)13(8-15)16-17/h4-7H,8,15H2,1-3H3. The summed E-state index contributed by atoms with van der Waals surface area (Å²) in [6.07, 6.45) is 0. The maximum atomic E-state index is 11.6. The molecule has 18 heavy (non-hydrogen) atoms. The van der Waals surface area contributed by atoms with Crippen LogP contribution in [0.2, 0.25) is 0 Å². The summed E-state index contributed by atoms with van der Waals surface area (Å²) >= 11 is 0. The summed E-state index contributed by atoms with van der Waals surface area (Å²) in [5.41, 5.74) is 10.00. The van der Waals surface area contributed by atoms with E-state index in [9.17, 15) is 4.79 Å². The lowest BCUT2D eigenvalue weighted by Gasteiger charge is -2.12. The van der Waals surface area contributed by atoms with Gasteiger partial charge in [-0.3, -0.25) is 4.79 Å². The summed E-state index contributed by atoms with van der Waals surface area (Å²) in [7, 11) is 0. The van der Waals surface area contributed by atoms with Gasteiger partial charge in [0.1, 0.15) is 5.69 Å². The van der Waals surface area contributed by atoms with E-state index in [2.05, 4.69) is 25.0 Å². The van der Waals surface area contributed by atoms with Crippen LogP contribution in [0.3, 0.4) is 0 Å². The van der Waals surface area contributed by atoms with Crippen molar-refractivity contribution in [3.63, 3.8) is 0 Å². The highest BCUT2D eigenvalue weighted by molar-refractivity contribution is 5.40. The first-order chi connectivity index (χ1) is 8.52. The van der Waals surface area contributed by atoms with Crippen LogP contribution in [-0.4, -0.2) is 9.78 Å². The number of benzene rings is 1. The molecule has 2 rings (SSSR count). The molecule has 4 nitrogen and oxygen atoms in total. The summed E-state index contributed by atoms with van der Waals surface area (Å²) < 4.78 is 1.76. The van der Waals surface area contributed by atoms with Gasteiger partial charge in [-0.15, -0.1) is 0 Å². The minimum atomic E-state index is -0.102. The highest BCUT2D eigenvalue weighted by atomic mass is 16.1. The second-order valence-corrected chi connectivity index (χ2v) is 4.48. The first-order valence-electron chi connectivity index (χ1n) is 5.90. The average Bonchev–Trinajstić information content (AvgIpc) is 2.33. The van der Waals surface area contributed by atoms with Crippen LogP contribution in [0.4, 0.5) is 0 Å². The Morgan fingerprint density at radius 1 is 1.17 bits per heavy atom. The average molecular weight is 243 g/mol. The van der Waals surface area contributed by atoms with Gasteiger partial charge in [0.2, 0.25) is 5.43 Å². The van der Waals surface area contributed by atoms with Gasteiger partial charge in [-0.1, -0.05) is 6.07 Å². The fourth-order valence-electron chi connectivity index (χ4n) is 1.84. The molecule has 94 valence electrons. The van der Waals surface area contributed by atoms with Crippen molar-refractivity contribution in [2.45, 2.75) is 27.3 Å². The molecule has 2 aromatic rings. The van der Waals surface area contributed by atoms with Crippen LogP contribution in [0.5, 0.6) is 0 Å². The molecule has 0 aliphatic heterocycles. The number of hydrogen-bond acceptors (Lipinski definition) is 3. The van der Waals surface area contributed by atoms with Gasteiger partial charge in [0.05, 0.1) is 5.69 Å². The molecule has 0 spiro atoms. The Hall–Kier alpha value is -1.94. The zero-order chi connectivity index (χ0) is 13.3. The van der Waals surface area contributed by atoms with Crippen molar-refractivity contribution in [1.82, 2.24) is 9.78 Å². The first kappa shape index (κ1) is 12.5. The maximum Gasteiger partial charge on any atom is 0.204 e. The van der Waals surface area contributed by atoms with Gasteiger partial charge in [-0.05, 0) is 44.0 Å². The predicted octanol–water partition coefficient (Wildman–Crippen LogP) is 1.62. The third-order valence-electron chi connectivity index (χ3n) is 3.11. The van der Waals surface area contributed by atoms with Crippen molar-refractivity contribution < 1.29 is 0 Å². The van der Waals surface area contributed by atoms with Crippen molar-refractivity contribution in [1.29, 1.82) is 0 Å². The lowest BCUT2D eigenvalue weighted by molar-refractivity contribution is 0.750. The van der Waals surface area contributed by atoms with Crippen LogP contribution >= 0.6 is 0 Å². The summed E-state index contributed by atoms with van der Waals surface area (Å²) in [6, 6.07) is 7.67. The van der Waals surface area contributed by atoms with Gasteiger partial charge in [0.15, 0.2) is 0 Å². The molecule has 4 heteroatoms. The minimum absolute atomic E-state index is 0.102. The molecule has 1 heterocycles. The topological polar surface area (TPSA) is 60.9 Å². The first-order valence-corrected chi connectivity index (χ1v) is 5.90. The molecular formula is C14H17N3O. The molecule has 0 atom stereocenters. The van der Waals surface area contributed by atoms with Crippen LogP contribution in [0.15, 0.2) is 29.1 Å². The van der Waals surface area contributed by atoms with Crippen molar-refractivity contribution in [2.75, 3.05) is 0 Å². The Labute approximate surface area is 106 Å². The quantitative estimate of drug-likeness (QED) is 0.871. The molecule has 0 bridgehead atoms. The molecule has 1 aromatic carbocycles. The van der Waals surface area contributed by atoms with Crippen molar-refractivity contribution in [2.24, 2.45) is 5.73 Å². The Morgan fingerprint density at radius 2 is 1.89 bits per heavy atom. The fourth-order valence-corrected chi connectivity index (χ4v) is 1.84. The molecule has 0 unspecified atom stereocenters. The number of rotatable bonds is 2. The van der Waals surface area contributed by atoms with Crippen LogP contribution < -0.4 is 11.2 Å². The Morgan fingerprint density at radius 3 is 2.50 bits per heavy atom. The number of aromatic nitrogens is 2. The second kappa shape index (κ2) is 4.74. The SMILES string of the molecule is Cc1ccc(-n2nc(CN)c(=O)cc2C)cc1C. The van der Waals surface area contributed by atoms with Crippen LogP contribution in [0, 0.1) is 20.8 Å². The maximum absolute atomic E-state index is 11.6. The van der Waals surface area contributed by atoms with E-state index in [1.807, 2.05) is 19.1 Å². The smallest absolute Gasteiger partial charge is 0.204 e. The molecule has 0 radical (unpaired) electrons. The fraction of sp³-hybridized carbons (Fsp3) is 0.286. The molecule has 0 aliphatic carbocycles. The van der Waals surface area contributed by atoms with Gasteiger partial charge in [0.25, 0.3) is 0 Å². The largest absolute Gasteiger partial charge is 0.325 e. The highest BCUT2D eigenvalue weighted by Gasteiger charge is 2.06. The Kier molecular flexibility index (Phi) is 3.30. The molecule has 0 saturated carbocycles. The zero-order valence-electron chi connectivity index (χ0n) is 10.9. The Bertz CT molecular complexity index is 644. The summed E-state index contributed by atoms with van der Waals surface area (Å²) in [5, 5.41) is 4.31. The van der Waals surface area contributed by atoms with Crippen LogP contribution in [-0.2, 0) is 6.54 Å². The van der Waals surface area contributed by atoms with E-state index < -0.39 is 0 Å². The lowest BCUT2D eigenvalue weighted by atomic mass is 10.1. The summed E-state index contributed by atoms with van der Waals surface area (Å²) in [6.45, 7) is 6.14. The van der Waals surface area contributed by atoms with E-state index in [1.54, 1.807) is 10.7 Å². The number of aryl methyl sites for hydroxylation is 3. The van der Waals surface area contributed by atoms with E-state index in [4.69, 9.17) is 5.73 Å². The van der Waals surface area contributed by atoms with E-state index >= 15 is 0 Å². The Balaban J connectivity index is 2.63. The van der Waals surface area contributed by atoms with Gasteiger partial charge in [-0.25, -0.2) is 4.68 Å². The predicted molar refractivity (Wildman–Crippen MR) is 71.9 cm³/mol. The van der Waals surface area contributed by atoms with E-state index in [0.29, 0.717) is 5.69 Å². The molecule has 2 N–H and O–H groups in total. The van der Waals surface area contributed by atoms with E-state index in [0.717, 1.165) is 11.4 Å². The van der Waals surface area contributed by atoms with Gasteiger partial charge < -0.3 is 5.73 Å². The lowest BCUT2D eigenvalue weighted by Crippen LogP contribution is -2.21. The van der Waals surface area contributed by atoms with Gasteiger partial charge in [0, 0.05) is 18.3 Å². The summed E-state index contributed by atoms with van der Waals surface area (Å²) in [5.74, 6) is 0. The number of nitrogens with two attached hydrogens (primary N) is 1. The molecule has 0 fully saturated rings. The second-order valence-electron chi connectivity index (χ2n) is 4.48. The zero-order valence-corrected chi connectivity index (χ0v) is 10.9. The number of nitrogens with zero attached hydrogens (tertiary/aromatic N) is 2. The van der Waals surface area contributed by atoms with Gasteiger partial charge in [-0.2, -0.15) is 5.10 Å². The van der Waals surface area contributed by atoms with Crippen molar-refractivity contribution in [3.05, 3.63) is 57.0 Å². The normalized spacial score (nSPS) is 10.7. The summed E-state index contributed by atoms with van der Waals surface area (Å²) in [4.78, 5) is 11.6. The van der Waals surface area contributed by atoms with E-state index in [1.165, 1.54) is 11.1 Å². The van der Waals surface area contributed by atoms with Crippen molar-refractivity contribution >= 4 is 0 Å². The molecular weight excluding hydrogens is 226 g/mol. The van der Waals surface area contributed by atoms with Crippen LogP contribution in [0.1, 0.15) is 22.5 Å². The highest BCUT2D eigenvalue weighted by Crippen LogP contribution is 2.14. The molecule has 0 saturated heterocycles. The third kappa shape index (κ3) is 2.19. The van der Waals surface area contributed by atoms with Gasteiger partial charge >= 0.3 is 0 Å². The monoisotopic (exact) mass is 243 g/mol. The van der Waals surface area contributed by atoms with Crippen LogP contribution in [0.25, 0.3) is 5.69 Å². The minimum Gasteiger partial charge on any atom is -0.325 e. The van der Waals surface area contributed by atoms with Crippen molar-refractivity contribution in [3.8, 4) is 5.69 Å². The van der Waals surface area contributed by atoms with E-state index in [-0.39, 0.29) is 12.0 Å². The molecule has 0 amide bonds.